The van der Waals surface area contributed by atoms with Crippen molar-refractivity contribution in [3.63, 3.8) is 0 Å². The Morgan fingerprint density at radius 3 is 2.15 bits per heavy atom. The second-order valence-corrected chi connectivity index (χ2v) is 6.10. The summed E-state index contributed by atoms with van der Waals surface area (Å²) in [5.74, 6) is 1.21. The van der Waals surface area contributed by atoms with Gasteiger partial charge < -0.3 is 0 Å². The quantitative estimate of drug-likeness (QED) is 0.658. The zero-order valence-electron chi connectivity index (χ0n) is 12.6. The van der Waals surface area contributed by atoms with Crippen LogP contribution in [0.4, 0.5) is 0 Å². The minimum Gasteiger partial charge on any atom is -0.126 e. The lowest BCUT2D eigenvalue weighted by molar-refractivity contribution is 0.580. The van der Waals surface area contributed by atoms with Crippen molar-refractivity contribution >= 4 is 11.6 Å². The number of alkyl halides is 1. The van der Waals surface area contributed by atoms with Gasteiger partial charge in [0, 0.05) is 5.88 Å². The molecule has 1 heteroatoms. The summed E-state index contributed by atoms with van der Waals surface area (Å²) >= 11 is 6.21. The number of aryl methyl sites for hydroxylation is 3. The van der Waals surface area contributed by atoms with Gasteiger partial charge in [0.2, 0.25) is 0 Å². The fraction of sp³-hybridized carbons (Fsp3) is 0.368. The third-order valence-electron chi connectivity index (χ3n) is 3.96. The molecule has 2 rings (SSSR count). The largest absolute Gasteiger partial charge is 0.126 e. The van der Waals surface area contributed by atoms with Crippen LogP contribution >= 0.6 is 11.6 Å². The Kier molecular flexibility index (Phi) is 5.25. The van der Waals surface area contributed by atoms with Crippen molar-refractivity contribution in [1.82, 2.24) is 0 Å². The fourth-order valence-corrected chi connectivity index (χ4v) is 3.03. The van der Waals surface area contributed by atoms with E-state index in [9.17, 15) is 0 Å². The van der Waals surface area contributed by atoms with Crippen LogP contribution < -0.4 is 0 Å². The van der Waals surface area contributed by atoms with E-state index >= 15 is 0 Å². The standard InChI is InChI=1S/C19H23Cl/c1-14-6-4-9-17(10-14)11-18(13-20)12-19-15(2)7-5-8-16(19)3/h4-10,18H,11-13H2,1-3H3. The fourth-order valence-electron chi connectivity index (χ4n) is 2.81. The van der Waals surface area contributed by atoms with E-state index in [2.05, 4.69) is 63.2 Å². The summed E-state index contributed by atoms with van der Waals surface area (Å²) in [5, 5.41) is 0. The second kappa shape index (κ2) is 6.95. The van der Waals surface area contributed by atoms with E-state index in [4.69, 9.17) is 11.6 Å². The molecule has 0 nitrogen and oxygen atoms in total. The molecule has 1 unspecified atom stereocenters. The number of benzene rings is 2. The highest BCUT2D eigenvalue weighted by atomic mass is 35.5. The van der Waals surface area contributed by atoms with Crippen LogP contribution in [-0.2, 0) is 12.8 Å². The minimum absolute atomic E-state index is 0.498. The van der Waals surface area contributed by atoms with E-state index < -0.39 is 0 Å². The van der Waals surface area contributed by atoms with Crippen LogP contribution in [0.3, 0.4) is 0 Å². The molecular formula is C19H23Cl. The van der Waals surface area contributed by atoms with Crippen LogP contribution in [0, 0.1) is 26.7 Å². The molecule has 20 heavy (non-hydrogen) atoms. The lowest BCUT2D eigenvalue weighted by atomic mass is 9.89. The van der Waals surface area contributed by atoms with Crippen LogP contribution in [0.5, 0.6) is 0 Å². The molecule has 0 N–H and O–H groups in total. The Bertz CT molecular complexity index is 551. The van der Waals surface area contributed by atoms with E-state index in [1.54, 1.807) is 0 Å². The number of hydrogen-bond acceptors (Lipinski definition) is 0. The van der Waals surface area contributed by atoms with Gasteiger partial charge in [-0.3, -0.25) is 0 Å². The Morgan fingerprint density at radius 2 is 1.55 bits per heavy atom. The van der Waals surface area contributed by atoms with Crippen LogP contribution in [0.2, 0.25) is 0 Å². The van der Waals surface area contributed by atoms with Gasteiger partial charge in [0.25, 0.3) is 0 Å². The molecule has 0 heterocycles. The number of hydrogen-bond donors (Lipinski definition) is 0. The first-order chi connectivity index (χ1) is 9.60. The first-order valence-electron chi connectivity index (χ1n) is 7.26. The highest BCUT2D eigenvalue weighted by Crippen LogP contribution is 2.21. The Labute approximate surface area is 127 Å². The van der Waals surface area contributed by atoms with Gasteiger partial charge >= 0.3 is 0 Å². The van der Waals surface area contributed by atoms with Crippen molar-refractivity contribution in [2.75, 3.05) is 5.88 Å². The third kappa shape index (κ3) is 3.86. The molecule has 0 aromatic heterocycles. The summed E-state index contributed by atoms with van der Waals surface area (Å²) in [7, 11) is 0. The molecule has 0 bridgehead atoms. The molecule has 1 atom stereocenters. The van der Waals surface area contributed by atoms with Crippen LogP contribution in [-0.4, -0.2) is 5.88 Å². The molecule has 0 aliphatic heterocycles. The van der Waals surface area contributed by atoms with Gasteiger partial charge in [-0.25, -0.2) is 0 Å². The average Bonchev–Trinajstić information content (AvgIpc) is 2.42. The summed E-state index contributed by atoms with van der Waals surface area (Å²) in [6, 6.07) is 15.3. The van der Waals surface area contributed by atoms with Gasteiger partial charge in [0.05, 0.1) is 0 Å². The first kappa shape index (κ1) is 15.1. The normalized spacial score (nSPS) is 12.4. The van der Waals surface area contributed by atoms with Gasteiger partial charge in [-0.05, 0) is 61.8 Å². The van der Waals surface area contributed by atoms with E-state index in [0.29, 0.717) is 11.8 Å². The molecule has 0 saturated heterocycles. The molecule has 0 aliphatic rings. The van der Waals surface area contributed by atoms with E-state index in [0.717, 1.165) is 12.8 Å². The molecule has 0 aliphatic carbocycles. The summed E-state index contributed by atoms with van der Waals surface area (Å²) in [6.45, 7) is 6.53. The zero-order valence-corrected chi connectivity index (χ0v) is 13.4. The Morgan fingerprint density at radius 1 is 0.900 bits per heavy atom. The molecule has 2 aromatic rings. The lowest BCUT2D eigenvalue weighted by Crippen LogP contribution is -2.12. The summed E-state index contributed by atoms with van der Waals surface area (Å²) in [4.78, 5) is 0. The Balaban J connectivity index is 2.13. The SMILES string of the molecule is Cc1cccc(CC(CCl)Cc2c(C)cccc2C)c1. The summed E-state index contributed by atoms with van der Waals surface area (Å²) < 4.78 is 0. The Hall–Kier alpha value is -1.27. The maximum atomic E-state index is 6.21. The molecule has 106 valence electrons. The van der Waals surface area contributed by atoms with E-state index in [1.807, 2.05) is 0 Å². The minimum atomic E-state index is 0.498. The molecule has 0 amide bonds. The number of halogens is 1. The van der Waals surface area contributed by atoms with Crippen molar-refractivity contribution in [3.8, 4) is 0 Å². The summed E-state index contributed by atoms with van der Waals surface area (Å²) in [6.07, 6.45) is 2.12. The predicted octanol–water partition coefficient (Wildman–Crippen LogP) is 5.25. The maximum absolute atomic E-state index is 6.21. The van der Waals surface area contributed by atoms with Crippen LogP contribution in [0.1, 0.15) is 27.8 Å². The predicted molar refractivity (Wildman–Crippen MR) is 88.7 cm³/mol. The topological polar surface area (TPSA) is 0 Å². The monoisotopic (exact) mass is 286 g/mol. The molecule has 0 saturated carbocycles. The van der Waals surface area contributed by atoms with Crippen LogP contribution in [0.15, 0.2) is 42.5 Å². The smallest absolute Gasteiger partial charge is 0.0258 e. The van der Waals surface area contributed by atoms with Gasteiger partial charge in [-0.2, -0.15) is 0 Å². The van der Waals surface area contributed by atoms with Gasteiger partial charge in [0.15, 0.2) is 0 Å². The van der Waals surface area contributed by atoms with E-state index in [1.165, 1.54) is 27.8 Å². The van der Waals surface area contributed by atoms with Crippen LogP contribution in [0.25, 0.3) is 0 Å². The average molecular weight is 287 g/mol. The third-order valence-corrected chi connectivity index (χ3v) is 4.40. The van der Waals surface area contributed by atoms with E-state index in [-0.39, 0.29) is 0 Å². The lowest BCUT2D eigenvalue weighted by Gasteiger charge is -2.17. The molecule has 0 fully saturated rings. The maximum Gasteiger partial charge on any atom is 0.0258 e. The first-order valence-corrected chi connectivity index (χ1v) is 7.80. The molecule has 0 spiro atoms. The van der Waals surface area contributed by atoms with Crippen molar-refractivity contribution in [2.45, 2.75) is 33.6 Å². The second-order valence-electron chi connectivity index (χ2n) is 5.79. The van der Waals surface area contributed by atoms with Crippen molar-refractivity contribution in [1.29, 1.82) is 0 Å². The molecular weight excluding hydrogens is 264 g/mol. The van der Waals surface area contributed by atoms with Crippen molar-refractivity contribution in [3.05, 3.63) is 70.3 Å². The van der Waals surface area contributed by atoms with Gasteiger partial charge in [0.1, 0.15) is 0 Å². The van der Waals surface area contributed by atoms with Crippen molar-refractivity contribution < 1.29 is 0 Å². The van der Waals surface area contributed by atoms with Crippen molar-refractivity contribution in [2.24, 2.45) is 5.92 Å². The zero-order chi connectivity index (χ0) is 14.5. The number of rotatable bonds is 5. The highest BCUT2D eigenvalue weighted by Gasteiger charge is 2.13. The highest BCUT2D eigenvalue weighted by molar-refractivity contribution is 6.18. The molecule has 2 aromatic carbocycles. The van der Waals surface area contributed by atoms with Gasteiger partial charge in [-0.15, -0.1) is 11.6 Å². The van der Waals surface area contributed by atoms with Gasteiger partial charge in [-0.1, -0.05) is 48.0 Å². The molecule has 0 radical (unpaired) electrons. The summed E-state index contributed by atoms with van der Waals surface area (Å²) in [5.41, 5.74) is 6.93.